The molecule has 18 heavy (non-hydrogen) atoms. The normalized spacial score (nSPS) is 10.5. The molecule has 0 atom stereocenters. The summed E-state index contributed by atoms with van der Waals surface area (Å²) < 4.78 is 1.86. The highest BCUT2D eigenvalue weighted by Gasteiger charge is 2.03. The number of oxime groups is 1. The number of aromatic nitrogens is 2. The second-order valence-corrected chi connectivity index (χ2v) is 3.41. The average Bonchev–Trinajstić information content (AvgIpc) is 2.93. The molecule has 0 radical (unpaired) electrons. The first-order valence-corrected chi connectivity index (χ1v) is 5.25. The molecule has 1 heterocycles. The molecule has 6 nitrogen and oxygen atoms in total. The van der Waals surface area contributed by atoms with Gasteiger partial charge in [-0.3, -0.25) is 4.79 Å². The van der Waals surface area contributed by atoms with Gasteiger partial charge >= 0.3 is 0 Å². The number of benzene rings is 1. The molecule has 0 aliphatic rings. The maximum absolute atomic E-state index is 11.6. The van der Waals surface area contributed by atoms with E-state index in [1.54, 1.807) is 24.7 Å². The van der Waals surface area contributed by atoms with Crippen LogP contribution >= 0.6 is 0 Å². The number of nitrogens with one attached hydrogen (secondary N) is 1. The first-order chi connectivity index (χ1) is 8.81. The van der Waals surface area contributed by atoms with Crippen LogP contribution in [0, 0.1) is 0 Å². The van der Waals surface area contributed by atoms with Crippen LogP contribution in [0.15, 0.2) is 48.1 Å². The Morgan fingerprint density at radius 2 is 2.22 bits per heavy atom. The Morgan fingerprint density at radius 3 is 2.83 bits per heavy atom. The number of imidazole rings is 1. The van der Waals surface area contributed by atoms with E-state index in [0.29, 0.717) is 5.56 Å². The molecule has 0 saturated carbocycles. The van der Waals surface area contributed by atoms with E-state index in [0.717, 1.165) is 5.69 Å². The Hall–Kier alpha value is -2.63. The lowest BCUT2D eigenvalue weighted by molar-refractivity contribution is 0.0976. The molecule has 0 unspecified atom stereocenters. The van der Waals surface area contributed by atoms with E-state index in [1.165, 1.54) is 13.4 Å². The number of amides is 1. The minimum Gasteiger partial charge on any atom is -0.398 e. The van der Waals surface area contributed by atoms with E-state index < -0.39 is 0 Å². The quantitative estimate of drug-likeness (QED) is 0.499. The van der Waals surface area contributed by atoms with Gasteiger partial charge in [0, 0.05) is 23.6 Å². The summed E-state index contributed by atoms with van der Waals surface area (Å²) in [6, 6.07) is 7.13. The van der Waals surface area contributed by atoms with Crippen LogP contribution in [0.5, 0.6) is 0 Å². The van der Waals surface area contributed by atoms with Crippen LogP contribution in [0.1, 0.15) is 10.4 Å². The van der Waals surface area contributed by atoms with Crippen LogP contribution in [0.4, 0.5) is 0 Å². The third kappa shape index (κ3) is 2.73. The molecule has 2 aromatic rings. The number of hydrogen-bond acceptors (Lipinski definition) is 4. The van der Waals surface area contributed by atoms with Crippen molar-refractivity contribution in [3.8, 4) is 5.69 Å². The van der Waals surface area contributed by atoms with Gasteiger partial charge in [0.2, 0.25) is 0 Å². The van der Waals surface area contributed by atoms with Crippen LogP contribution in [0.2, 0.25) is 0 Å². The summed E-state index contributed by atoms with van der Waals surface area (Å²) in [4.78, 5) is 20.0. The number of carbonyl (C=O) groups is 1. The topological polar surface area (TPSA) is 68.5 Å². The summed E-state index contributed by atoms with van der Waals surface area (Å²) in [7, 11) is 1.41. The zero-order valence-electron chi connectivity index (χ0n) is 9.78. The summed E-state index contributed by atoms with van der Waals surface area (Å²) in [5.74, 6) is -0.243. The fraction of sp³-hybridized carbons (Fsp3) is 0.0833. The summed E-state index contributed by atoms with van der Waals surface area (Å²) in [5.41, 5.74) is 1.48. The molecule has 92 valence electrons. The fourth-order valence-electron chi connectivity index (χ4n) is 1.42. The maximum Gasteiger partial charge on any atom is 0.256 e. The molecule has 1 aromatic carbocycles. The lowest BCUT2D eigenvalue weighted by atomic mass is 10.2. The lowest BCUT2D eigenvalue weighted by Crippen LogP contribution is -2.21. The summed E-state index contributed by atoms with van der Waals surface area (Å²) >= 11 is 0. The van der Waals surface area contributed by atoms with Gasteiger partial charge in [-0.25, -0.2) is 4.98 Å². The zero-order chi connectivity index (χ0) is 12.8. The molecule has 0 aliphatic carbocycles. The fourth-order valence-corrected chi connectivity index (χ4v) is 1.42. The molecule has 1 aromatic heterocycles. The Bertz CT molecular complexity index is 532. The number of carbonyl (C=O) groups excluding carboxylic acids is 1. The second-order valence-electron chi connectivity index (χ2n) is 3.41. The molecule has 0 saturated heterocycles. The molecule has 6 heteroatoms. The lowest BCUT2D eigenvalue weighted by Gasteiger charge is -2.03. The van der Waals surface area contributed by atoms with Crippen molar-refractivity contribution in [3.05, 3.63) is 48.5 Å². The van der Waals surface area contributed by atoms with Crippen LogP contribution in [0.25, 0.3) is 5.69 Å². The molecular weight excluding hydrogens is 232 g/mol. The SMILES string of the molecule is CO/N=C/NC(=O)c1ccc(-n2ccnc2)cc1. The van der Waals surface area contributed by atoms with Gasteiger partial charge < -0.3 is 14.7 Å². The van der Waals surface area contributed by atoms with E-state index in [4.69, 9.17) is 0 Å². The highest BCUT2D eigenvalue weighted by molar-refractivity contribution is 6.00. The predicted octanol–water partition coefficient (Wildman–Crippen LogP) is 1.19. The highest BCUT2D eigenvalue weighted by atomic mass is 16.6. The van der Waals surface area contributed by atoms with Gasteiger partial charge in [0.25, 0.3) is 5.91 Å². The first-order valence-electron chi connectivity index (χ1n) is 5.25. The zero-order valence-corrected chi connectivity index (χ0v) is 9.78. The van der Waals surface area contributed by atoms with E-state index in [2.05, 4.69) is 20.3 Å². The van der Waals surface area contributed by atoms with Crippen molar-refractivity contribution in [2.75, 3.05) is 7.11 Å². The van der Waals surface area contributed by atoms with Crippen LogP contribution in [0.3, 0.4) is 0 Å². The van der Waals surface area contributed by atoms with Crippen molar-refractivity contribution >= 4 is 12.2 Å². The monoisotopic (exact) mass is 244 g/mol. The molecule has 1 N–H and O–H groups in total. The smallest absolute Gasteiger partial charge is 0.256 e. The minimum absolute atomic E-state index is 0.243. The third-order valence-corrected chi connectivity index (χ3v) is 2.29. The highest BCUT2D eigenvalue weighted by Crippen LogP contribution is 2.08. The van der Waals surface area contributed by atoms with E-state index >= 15 is 0 Å². The molecule has 0 spiro atoms. The van der Waals surface area contributed by atoms with E-state index in [-0.39, 0.29) is 5.91 Å². The van der Waals surface area contributed by atoms with Crippen molar-refractivity contribution in [3.63, 3.8) is 0 Å². The van der Waals surface area contributed by atoms with Crippen LogP contribution < -0.4 is 5.32 Å². The molecule has 0 bridgehead atoms. The van der Waals surface area contributed by atoms with Crippen LogP contribution in [-0.2, 0) is 4.84 Å². The van der Waals surface area contributed by atoms with E-state index in [1.807, 2.05) is 22.9 Å². The number of rotatable bonds is 4. The Labute approximate surface area is 104 Å². The number of hydrogen-bond donors (Lipinski definition) is 1. The van der Waals surface area contributed by atoms with Crippen molar-refractivity contribution in [1.29, 1.82) is 0 Å². The van der Waals surface area contributed by atoms with Gasteiger partial charge in [-0.1, -0.05) is 5.16 Å². The van der Waals surface area contributed by atoms with Crippen molar-refractivity contribution < 1.29 is 9.63 Å². The minimum atomic E-state index is -0.243. The Balaban J connectivity index is 2.08. The van der Waals surface area contributed by atoms with Gasteiger partial charge in [-0.15, -0.1) is 0 Å². The number of nitrogens with zero attached hydrogens (tertiary/aromatic N) is 3. The molecule has 2 rings (SSSR count). The van der Waals surface area contributed by atoms with Gasteiger partial charge in [-0.05, 0) is 24.3 Å². The van der Waals surface area contributed by atoms with Crippen molar-refractivity contribution in [2.45, 2.75) is 0 Å². The average molecular weight is 244 g/mol. The summed E-state index contributed by atoms with van der Waals surface area (Å²) in [6.45, 7) is 0. The van der Waals surface area contributed by atoms with Crippen LogP contribution in [-0.4, -0.2) is 28.9 Å². The maximum atomic E-state index is 11.6. The van der Waals surface area contributed by atoms with Gasteiger partial charge in [-0.2, -0.15) is 0 Å². The second kappa shape index (κ2) is 5.62. The molecule has 0 fully saturated rings. The molecule has 0 aliphatic heterocycles. The van der Waals surface area contributed by atoms with Gasteiger partial charge in [0.15, 0.2) is 0 Å². The molecular formula is C12H12N4O2. The summed E-state index contributed by atoms with van der Waals surface area (Å²) in [6.07, 6.45) is 6.43. The molecule has 1 amide bonds. The standard InChI is InChI=1S/C12H12N4O2/c1-18-15-8-14-12(17)10-2-4-11(5-3-10)16-7-6-13-9-16/h2-9H,1H3,(H,14,15,17). The van der Waals surface area contributed by atoms with Gasteiger partial charge in [0.05, 0.1) is 6.33 Å². The van der Waals surface area contributed by atoms with E-state index in [9.17, 15) is 4.79 Å². The van der Waals surface area contributed by atoms with Crippen molar-refractivity contribution in [1.82, 2.24) is 14.9 Å². The van der Waals surface area contributed by atoms with Crippen molar-refractivity contribution in [2.24, 2.45) is 5.16 Å². The van der Waals surface area contributed by atoms with Gasteiger partial charge in [0.1, 0.15) is 13.4 Å². The Morgan fingerprint density at radius 1 is 1.44 bits per heavy atom. The largest absolute Gasteiger partial charge is 0.398 e. The Kier molecular flexibility index (Phi) is 3.70. The third-order valence-electron chi connectivity index (χ3n) is 2.29. The summed E-state index contributed by atoms with van der Waals surface area (Å²) in [5, 5.41) is 5.91. The predicted molar refractivity (Wildman–Crippen MR) is 66.5 cm³/mol. The first kappa shape index (κ1) is 11.8.